The van der Waals surface area contributed by atoms with Crippen LogP contribution in [0.5, 0.6) is 11.5 Å². The fourth-order valence-electron chi connectivity index (χ4n) is 5.01. The van der Waals surface area contributed by atoms with Crippen molar-refractivity contribution in [3.63, 3.8) is 0 Å². The molecule has 1 aliphatic rings. The van der Waals surface area contributed by atoms with E-state index in [1.54, 1.807) is 6.07 Å². The Kier molecular flexibility index (Phi) is 13.8. The molecule has 1 aliphatic heterocycles. The number of phenolic OH excluding ortho intramolecular Hbond substituents is 1. The third-order valence-corrected chi connectivity index (χ3v) is 7.68. The molecule has 2 nitrogen and oxygen atoms in total. The van der Waals surface area contributed by atoms with Gasteiger partial charge in [-0.2, -0.15) is 0 Å². The first kappa shape index (κ1) is 31.7. The minimum atomic E-state index is -0.122. The number of fused-ring (bicyclic) bond motifs is 1. The molecular formula is C36H54O2. The average molecular weight is 519 g/mol. The zero-order chi connectivity index (χ0) is 28.0. The lowest BCUT2D eigenvalue weighted by molar-refractivity contribution is 0.0570. The normalized spacial score (nSPS) is 18.7. The molecule has 0 amide bonds. The lowest BCUT2D eigenvalue weighted by atomic mass is 9.88. The van der Waals surface area contributed by atoms with E-state index in [4.69, 9.17) is 4.74 Å². The lowest BCUT2D eigenvalue weighted by Crippen LogP contribution is -2.36. The molecule has 2 rings (SSSR count). The highest BCUT2D eigenvalue weighted by Crippen LogP contribution is 2.37. The highest BCUT2D eigenvalue weighted by atomic mass is 16.5. The van der Waals surface area contributed by atoms with Crippen molar-refractivity contribution in [2.45, 2.75) is 131 Å². The van der Waals surface area contributed by atoms with Crippen molar-refractivity contribution in [2.24, 2.45) is 0 Å². The van der Waals surface area contributed by atoms with Gasteiger partial charge in [0.05, 0.1) is 0 Å². The van der Waals surface area contributed by atoms with E-state index in [0.717, 1.165) is 75.5 Å². The van der Waals surface area contributed by atoms with Gasteiger partial charge in [0.1, 0.15) is 17.1 Å². The smallest absolute Gasteiger partial charge is 0.123 e. The van der Waals surface area contributed by atoms with Gasteiger partial charge in [0.2, 0.25) is 0 Å². The van der Waals surface area contributed by atoms with E-state index in [0.29, 0.717) is 5.75 Å². The first-order valence-electron chi connectivity index (χ1n) is 14.8. The van der Waals surface area contributed by atoms with Crippen molar-refractivity contribution >= 4 is 0 Å². The van der Waals surface area contributed by atoms with E-state index in [2.05, 4.69) is 78.8 Å². The minimum absolute atomic E-state index is 0.122. The Hall–Kier alpha value is -2.48. The Labute approximate surface area is 234 Å². The van der Waals surface area contributed by atoms with Gasteiger partial charge in [-0.3, -0.25) is 0 Å². The summed E-state index contributed by atoms with van der Waals surface area (Å²) in [5, 5.41) is 9.69. The van der Waals surface area contributed by atoms with Gasteiger partial charge in [-0.15, -0.1) is 0 Å². The van der Waals surface area contributed by atoms with Crippen molar-refractivity contribution < 1.29 is 9.84 Å². The van der Waals surface area contributed by atoms with Crippen LogP contribution in [0, 0.1) is 0 Å². The summed E-state index contributed by atoms with van der Waals surface area (Å²) in [5.74, 6) is 1.26. The summed E-state index contributed by atoms with van der Waals surface area (Å²) in [6.07, 6.45) is 25.3. The van der Waals surface area contributed by atoms with Crippen LogP contribution in [-0.2, 0) is 6.42 Å². The molecule has 0 unspecified atom stereocenters. The van der Waals surface area contributed by atoms with E-state index in [9.17, 15) is 5.11 Å². The van der Waals surface area contributed by atoms with Gasteiger partial charge in [0.15, 0.2) is 0 Å². The Morgan fingerprint density at radius 1 is 0.737 bits per heavy atom. The van der Waals surface area contributed by atoms with Crippen LogP contribution in [0.2, 0.25) is 0 Å². The first-order chi connectivity index (χ1) is 18.1. The van der Waals surface area contributed by atoms with Crippen LogP contribution in [0.3, 0.4) is 0 Å². The van der Waals surface area contributed by atoms with Gasteiger partial charge in [0, 0.05) is 0 Å². The number of hydrogen-bond acceptors (Lipinski definition) is 2. The molecule has 1 aromatic carbocycles. The van der Waals surface area contributed by atoms with E-state index in [-0.39, 0.29) is 5.60 Å². The zero-order valence-corrected chi connectivity index (χ0v) is 25.5. The lowest BCUT2D eigenvalue weighted by Gasteiger charge is -2.35. The number of aryl methyl sites for hydroxylation is 1. The molecule has 0 bridgehead atoms. The Balaban J connectivity index is 1.63. The highest BCUT2D eigenvalue weighted by molar-refractivity contribution is 5.41. The Morgan fingerprint density at radius 2 is 1.21 bits per heavy atom. The molecule has 2 heteroatoms. The summed E-state index contributed by atoms with van der Waals surface area (Å²) < 4.78 is 6.32. The molecule has 38 heavy (non-hydrogen) atoms. The van der Waals surface area contributed by atoms with Gasteiger partial charge >= 0.3 is 0 Å². The summed E-state index contributed by atoms with van der Waals surface area (Å²) >= 11 is 0. The molecule has 0 fully saturated rings. The van der Waals surface area contributed by atoms with Crippen LogP contribution in [0.25, 0.3) is 0 Å². The molecule has 0 saturated carbocycles. The second kappa shape index (κ2) is 16.5. The van der Waals surface area contributed by atoms with E-state index in [1.807, 2.05) is 12.1 Å². The first-order valence-corrected chi connectivity index (χ1v) is 14.8. The fourth-order valence-corrected chi connectivity index (χ4v) is 5.01. The standard InChI is InChI=1S/C36H54O2/c1-28(2)13-8-14-29(3)15-9-16-30(4)17-10-18-31(5)19-11-20-32(6)21-12-25-36(7)26-24-33-27-34(37)22-23-35(33)38-36/h13,15,17,19,21-23,27,37H,8-12,14,16,18,20,24-26H2,1-7H3/b29-15+,30-17+,31-19+,32-21+/t36-/m0/s1. The average Bonchev–Trinajstić information content (AvgIpc) is 2.84. The number of aromatic hydroxyl groups is 1. The third kappa shape index (κ3) is 12.9. The quantitative estimate of drug-likeness (QED) is 0.234. The van der Waals surface area contributed by atoms with Crippen molar-refractivity contribution in [3.8, 4) is 11.5 Å². The van der Waals surface area contributed by atoms with Gasteiger partial charge in [0.25, 0.3) is 0 Å². The monoisotopic (exact) mass is 518 g/mol. The molecule has 1 aromatic rings. The number of phenols is 1. The summed E-state index contributed by atoms with van der Waals surface area (Å²) in [6.45, 7) is 15.6. The fraction of sp³-hybridized carbons (Fsp3) is 0.556. The maximum atomic E-state index is 9.69. The predicted octanol–water partition coefficient (Wildman–Crippen LogP) is 11.1. The molecule has 0 spiro atoms. The minimum Gasteiger partial charge on any atom is -0.508 e. The molecule has 1 heterocycles. The Bertz CT molecular complexity index is 1030. The zero-order valence-electron chi connectivity index (χ0n) is 25.5. The van der Waals surface area contributed by atoms with Crippen LogP contribution >= 0.6 is 0 Å². The molecule has 0 saturated heterocycles. The molecule has 210 valence electrons. The van der Waals surface area contributed by atoms with Gasteiger partial charge in [-0.25, -0.2) is 0 Å². The number of benzene rings is 1. The van der Waals surface area contributed by atoms with Crippen molar-refractivity contribution in [1.82, 2.24) is 0 Å². The maximum absolute atomic E-state index is 9.69. The van der Waals surface area contributed by atoms with Gasteiger partial charge < -0.3 is 9.84 Å². The molecule has 0 radical (unpaired) electrons. The van der Waals surface area contributed by atoms with Crippen molar-refractivity contribution in [3.05, 3.63) is 82.0 Å². The largest absolute Gasteiger partial charge is 0.508 e. The molecule has 0 aliphatic carbocycles. The second-order valence-electron chi connectivity index (χ2n) is 12.0. The van der Waals surface area contributed by atoms with Gasteiger partial charge in [-0.05, 0) is 149 Å². The molecule has 1 N–H and O–H groups in total. The summed E-state index contributed by atoms with van der Waals surface area (Å²) in [4.78, 5) is 0. The summed E-state index contributed by atoms with van der Waals surface area (Å²) in [7, 11) is 0. The number of allylic oxidation sites excluding steroid dienone is 10. The topological polar surface area (TPSA) is 29.5 Å². The van der Waals surface area contributed by atoms with Crippen LogP contribution in [0.4, 0.5) is 0 Å². The van der Waals surface area contributed by atoms with Crippen LogP contribution in [0.1, 0.15) is 125 Å². The summed E-state index contributed by atoms with van der Waals surface area (Å²) in [6, 6.07) is 5.46. The van der Waals surface area contributed by atoms with E-state index >= 15 is 0 Å². The molecular weight excluding hydrogens is 464 g/mol. The molecule has 1 atom stereocenters. The maximum Gasteiger partial charge on any atom is 0.123 e. The van der Waals surface area contributed by atoms with Crippen LogP contribution < -0.4 is 4.74 Å². The van der Waals surface area contributed by atoms with Crippen molar-refractivity contribution in [2.75, 3.05) is 0 Å². The van der Waals surface area contributed by atoms with Crippen LogP contribution in [-0.4, -0.2) is 10.7 Å². The predicted molar refractivity (Wildman–Crippen MR) is 166 cm³/mol. The second-order valence-corrected chi connectivity index (χ2v) is 12.0. The number of ether oxygens (including phenoxy) is 1. The number of rotatable bonds is 15. The van der Waals surface area contributed by atoms with Crippen molar-refractivity contribution in [1.29, 1.82) is 0 Å². The summed E-state index contributed by atoms with van der Waals surface area (Å²) in [5.41, 5.74) is 8.42. The third-order valence-electron chi connectivity index (χ3n) is 7.68. The number of hydrogen-bond donors (Lipinski definition) is 1. The SMILES string of the molecule is CC(C)=CCC/C(C)=C/CC/C(C)=C/CC/C(C)=C/CC/C(C)=C/CC[C@@]1(C)CCc2cc(O)ccc2O1. The van der Waals surface area contributed by atoms with Crippen LogP contribution in [0.15, 0.2) is 76.4 Å². The van der Waals surface area contributed by atoms with E-state index in [1.165, 1.54) is 40.7 Å². The Morgan fingerprint density at radius 3 is 1.71 bits per heavy atom. The highest BCUT2D eigenvalue weighted by Gasteiger charge is 2.30. The van der Waals surface area contributed by atoms with E-state index < -0.39 is 0 Å². The van der Waals surface area contributed by atoms with Gasteiger partial charge in [-0.1, -0.05) is 58.2 Å². The molecule has 0 aromatic heterocycles.